The number of hydrogen-bond acceptors (Lipinski definition) is 4. The van der Waals surface area contributed by atoms with Crippen LogP contribution >= 0.6 is 23.2 Å². The number of halogens is 4. The number of imide groups is 1. The van der Waals surface area contributed by atoms with Crippen molar-refractivity contribution in [2.45, 2.75) is 32.8 Å². The van der Waals surface area contributed by atoms with Crippen LogP contribution < -0.4 is 10.6 Å². The Morgan fingerprint density at radius 2 is 1.69 bits per heavy atom. The molecule has 2 N–H and O–H groups in total. The summed E-state index contributed by atoms with van der Waals surface area (Å²) in [5.41, 5.74) is 1.76. The zero-order chi connectivity index (χ0) is 26.1. The third-order valence-electron chi connectivity index (χ3n) is 5.04. The maximum absolute atomic E-state index is 13.7. The van der Waals surface area contributed by atoms with Gasteiger partial charge in [-0.05, 0) is 54.8 Å². The molecule has 0 heterocycles. The summed E-state index contributed by atoms with van der Waals surface area (Å²) in [6, 6.07) is 13.8. The van der Waals surface area contributed by atoms with Gasteiger partial charge < -0.3 is 10.2 Å². The van der Waals surface area contributed by atoms with Crippen molar-refractivity contribution in [1.82, 2.24) is 5.32 Å². The van der Waals surface area contributed by atoms with Crippen molar-refractivity contribution in [3.63, 3.8) is 0 Å². The van der Waals surface area contributed by atoms with Gasteiger partial charge in [0, 0.05) is 16.3 Å². The molecule has 0 aliphatic rings. The maximum Gasteiger partial charge on any atom is 0.326 e. The van der Waals surface area contributed by atoms with Crippen LogP contribution in [0.3, 0.4) is 0 Å². The SMILES string of the molecule is CCCC/C(=N\OCc1ccc(NC(=O)NC(=O)c2c(F)cccc2F)cc1)c1ccc(Cl)cc1Cl. The maximum atomic E-state index is 13.7. The van der Waals surface area contributed by atoms with Gasteiger partial charge in [0.15, 0.2) is 0 Å². The minimum absolute atomic E-state index is 0.165. The van der Waals surface area contributed by atoms with E-state index in [4.69, 9.17) is 28.0 Å². The lowest BCUT2D eigenvalue weighted by Gasteiger charge is -2.10. The molecule has 0 spiro atoms. The van der Waals surface area contributed by atoms with Crippen LogP contribution in [0.15, 0.2) is 65.8 Å². The number of anilines is 1. The molecule has 3 amide bonds. The summed E-state index contributed by atoms with van der Waals surface area (Å²) >= 11 is 12.3. The summed E-state index contributed by atoms with van der Waals surface area (Å²) < 4.78 is 27.4. The molecule has 3 rings (SSSR count). The molecule has 0 unspecified atom stereocenters. The third-order valence-corrected chi connectivity index (χ3v) is 5.59. The highest BCUT2D eigenvalue weighted by molar-refractivity contribution is 6.37. The Morgan fingerprint density at radius 3 is 2.33 bits per heavy atom. The number of oxime groups is 1. The van der Waals surface area contributed by atoms with Crippen molar-refractivity contribution in [3.8, 4) is 0 Å². The quantitative estimate of drug-likeness (QED) is 0.223. The summed E-state index contributed by atoms with van der Waals surface area (Å²) in [7, 11) is 0. The van der Waals surface area contributed by atoms with Gasteiger partial charge in [0.2, 0.25) is 0 Å². The lowest BCUT2D eigenvalue weighted by molar-refractivity contribution is 0.0959. The molecule has 10 heteroatoms. The molecule has 0 atom stereocenters. The van der Waals surface area contributed by atoms with Gasteiger partial charge in [-0.1, -0.05) is 66.0 Å². The Labute approximate surface area is 217 Å². The highest BCUT2D eigenvalue weighted by Crippen LogP contribution is 2.24. The molecule has 36 heavy (non-hydrogen) atoms. The van der Waals surface area contributed by atoms with E-state index in [-0.39, 0.29) is 6.61 Å². The summed E-state index contributed by atoms with van der Waals surface area (Å²) in [6.07, 6.45) is 2.58. The fourth-order valence-corrected chi connectivity index (χ4v) is 3.73. The highest BCUT2D eigenvalue weighted by atomic mass is 35.5. The van der Waals surface area contributed by atoms with Gasteiger partial charge in [-0.25, -0.2) is 13.6 Å². The van der Waals surface area contributed by atoms with Crippen LogP contribution in [0.2, 0.25) is 10.0 Å². The fourth-order valence-electron chi connectivity index (χ4n) is 3.21. The largest absolute Gasteiger partial charge is 0.391 e. The van der Waals surface area contributed by atoms with Gasteiger partial charge >= 0.3 is 6.03 Å². The van der Waals surface area contributed by atoms with Crippen LogP contribution in [0, 0.1) is 11.6 Å². The number of nitrogens with one attached hydrogen (secondary N) is 2. The molecule has 3 aromatic rings. The second-order valence-corrected chi connectivity index (χ2v) is 8.58. The molecule has 6 nitrogen and oxygen atoms in total. The number of amides is 3. The predicted molar refractivity (Wildman–Crippen MR) is 137 cm³/mol. The number of urea groups is 1. The molecule has 0 fully saturated rings. The predicted octanol–water partition coefficient (Wildman–Crippen LogP) is 7.34. The van der Waals surface area contributed by atoms with Crippen LogP contribution in [0.4, 0.5) is 19.3 Å². The summed E-state index contributed by atoms with van der Waals surface area (Å²) in [4.78, 5) is 29.6. The van der Waals surface area contributed by atoms with Gasteiger partial charge in [0.05, 0.1) is 10.7 Å². The number of rotatable bonds is 9. The average Bonchev–Trinajstić information content (AvgIpc) is 2.82. The van der Waals surface area contributed by atoms with Gasteiger partial charge in [-0.2, -0.15) is 0 Å². The molecule has 0 aromatic heterocycles. The molecule has 0 radical (unpaired) electrons. The second-order valence-electron chi connectivity index (χ2n) is 7.74. The van der Waals surface area contributed by atoms with Crippen molar-refractivity contribution in [3.05, 3.63) is 99.0 Å². The van der Waals surface area contributed by atoms with E-state index in [2.05, 4.69) is 17.4 Å². The first-order chi connectivity index (χ1) is 17.3. The van der Waals surface area contributed by atoms with Gasteiger partial charge in [0.1, 0.15) is 23.8 Å². The topological polar surface area (TPSA) is 79.8 Å². The van der Waals surface area contributed by atoms with Crippen molar-refractivity contribution in [2.75, 3.05) is 5.32 Å². The first kappa shape index (κ1) is 27.1. The lowest BCUT2D eigenvalue weighted by Crippen LogP contribution is -2.35. The number of nitrogens with zero attached hydrogens (tertiary/aromatic N) is 1. The Hall–Kier alpha value is -3.49. The number of unbranched alkanes of at least 4 members (excludes halogenated alkanes) is 1. The molecule has 188 valence electrons. The fraction of sp³-hybridized carbons (Fsp3) is 0.192. The molecule has 0 aliphatic heterocycles. The summed E-state index contributed by atoms with van der Waals surface area (Å²) in [5, 5.41) is 9.63. The minimum atomic E-state index is -1.19. The summed E-state index contributed by atoms with van der Waals surface area (Å²) in [6.45, 7) is 2.24. The van der Waals surface area contributed by atoms with E-state index >= 15 is 0 Å². The van der Waals surface area contributed by atoms with Crippen molar-refractivity contribution < 1.29 is 23.2 Å². The minimum Gasteiger partial charge on any atom is -0.391 e. The zero-order valence-corrected chi connectivity index (χ0v) is 20.8. The molecular weight excluding hydrogens is 511 g/mol. The normalized spacial score (nSPS) is 11.2. The molecule has 0 aliphatic carbocycles. The van der Waals surface area contributed by atoms with Gasteiger partial charge in [-0.3, -0.25) is 10.1 Å². The average molecular weight is 534 g/mol. The number of carbonyl (C=O) groups excluding carboxylic acids is 2. The Morgan fingerprint density at radius 1 is 1.00 bits per heavy atom. The molecule has 0 bridgehead atoms. The van der Waals surface area contributed by atoms with Crippen LogP contribution in [0.25, 0.3) is 0 Å². The van der Waals surface area contributed by atoms with Crippen molar-refractivity contribution in [1.29, 1.82) is 0 Å². The van der Waals surface area contributed by atoms with Crippen molar-refractivity contribution >= 4 is 46.5 Å². The van der Waals surface area contributed by atoms with Crippen LogP contribution in [-0.2, 0) is 11.4 Å². The van der Waals surface area contributed by atoms with Gasteiger partial charge in [-0.15, -0.1) is 0 Å². The number of carbonyl (C=O) groups is 2. The molecule has 3 aromatic carbocycles. The monoisotopic (exact) mass is 533 g/mol. The summed E-state index contributed by atoms with van der Waals surface area (Å²) in [5.74, 6) is -3.32. The van der Waals surface area contributed by atoms with Crippen LogP contribution in [0.1, 0.15) is 47.7 Å². The van der Waals surface area contributed by atoms with E-state index in [1.54, 1.807) is 42.5 Å². The van der Waals surface area contributed by atoms with E-state index in [0.717, 1.165) is 42.2 Å². The first-order valence-corrected chi connectivity index (χ1v) is 11.8. The Balaban J connectivity index is 1.58. The van der Waals surface area contributed by atoms with E-state index < -0.39 is 29.1 Å². The molecule has 0 saturated heterocycles. The van der Waals surface area contributed by atoms with Crippen LogP contribution in [0.5, 0.6) is 0 Å². The van der Waals surface area contributed by atoms with E-state index in [0.29, 0.717) is 27.9 Å². The smallest absolute Gasteiger partial charge is 0.326 e. The molecular formula is C26H23Cl2F2N3O3. The van der Waals surface area contributed by atoms with Gasteiger partial charge in [0.25, 0.3) is 5.91 Å². The van der Waals surface area contributed by atoms with Crippen molar-refractivity contribution in [2.24, 2.45) is 5.16 Å². The third kappa shape index (κ3) is 7.50. The first-order valence-electron chi connectivity index (χ1n) is 11.1. The number of hydrogen-bond donors (Lipinski definition) is 2. The van der Waals surface area contributed by atoms with Crippen LogP contribution in [-0.4, -0.2) is 17.6 Å². The number of benzene rings is 3. The highest BCUT2D eigenvalue weighted by Gasteiger charge is 2.19. The molecule has 0 saturated carbocycles. The Bertz CT molecular complexity index is 1250. The Kier molecular flexibility index (Phi) is 9.78. The van der Waals surface area contributed by atoms with E-state index in [1.165, 1.54) is 0 Å². The van der Waals surface area contributed by atoms with E-state index in [9.17, 15) is 18.4 Å². The lowest BCUT2D eigenvalue weighted by atomic mass is 10.1. The second kappa shape index (κ2) is 13.0. The zero-order valence-electron chi connectivity index (χ0n) is 19.3. The standard InChI is InChI=1S/C26H23Cl2F2N3O3/c1-2-3-7-23(19-13-10-17(27)14-20(19)28)33-36-15-16-8-11-18(12-9-16)31-26(35)32-25(34)24-21(29)5-4-6-22(24)30/h4-6,8-14H,2-3,7,15H2,1H3,(H2,31,32,34,35)/b33-23+. The van der Waals surface area contributed by atoms with E-state index in [1.807, 2.05) is 5.32 Å².